The molecular weight excluding hydrogens is 477 g/mol. The molecule has 2 fully saturated rings. The van der Waals surface area contributed by atoms with E-state index in [1.54, 1.807) is 0 Å². The number of carbonyl (C=O) groups excluding carboxylic acids is 1. The number of carbonyl (C=O) groups is 1. The lowest BCUT2D eigenvalue weighted by molar-refractivity contribution is 0.00798. The topological polar surface area (TPSA) is 54.5 Å². The highest BCUT2D eigenvalue weighted by Gasteiger charge is 2.41. The molecule has 2 aliphatic rings. The van der Waals surface area contributed by atoms with E-state index < -0.39 is 0 Å². The van der Waals surface area contributed by atoms with Gasteiger partial charge < -0.3 is 10.1 Å². The third-order valence-electron chi connectivity index (χ3n) is 7.90. The van der Waals surface area contributed by atoms with E-state index in [0.29, 0.717) is 24.0 Å². The van der Waals surface area contributed by atoms with Gasteiger partial charge in [0.05, 0.1) is 23.4 Å². The van der Waals surface area contributed by atoms with Crippen LogP contribution in [0.1, 0.15) is 35.7 Å². The number of amides is 1. The van der Waals surface area contributed by atoms with Crippen molar-refractivity contribution in [3.63, 3.8) is 0 Å². The molecule has 0 unspecified atom stereocenters. The van der Waals surface area contributed by atoms with E-state index in [-0.39, 0.29) is 17.8 Å². The number of para-hydroxylation sites is 1. The molecule has 1 N–H and O–H groups in total. The maximum Gasteiger partial charge on any atom is 0.252 e. The average molecular weight is 510 g/mol. The van der Waals surface area contributed by atoms with Crippen molar-refractivity contribution in [1.82, 2.24) is 15.2 Å². The van der Waals surface area contributed by atoms with E-state index in [1.165, 1.54) is 12.1 Å². The van der Waals surface area contributed by atoms with Crippen LogP contribution in [0, 0.1) is 17.7 Å². The summed E-state index contributed by atoms with van der Waals surface area (Å²) >= 11 is 0. The average Bonchev–Trinajstić information content (AvgIpc) is 2.89. The number of rotatable bonds is 8. The Morgan fingerprint density at radius 3 is 2.47 bits per heavy atom. The molecule has 1 amide bonds. The smallest absolute Gasteiger partial charge is 0.252 e. The Bertz CT molecular complexity index is 1430. The number of hydrogen-bond donors (Lipinski definition) is 1. The summed E-state index contributed by atoms with van der Waals surface area (Å²) in [5.41, 5.74) is 4.35. The second-order valence-electron chi connectivity index (χ2n) is 10.5. The molecule has 2 heterocycles. The van der Waals surface area contributed by atoms with Crippen molar-refractivity contribution >= 4 is 16.8 Å². The minimum atomic E-state index is -0.190. The van der Waals surface area contributed by atoms with Gasteiger partial charge in [-0.1, -0.05) is 30.3 Å². The van der Waals surface area contributed by atoms with E-state index >= 15 is 0 Å². The number of hydrogen-bond acceptors (Lipinski definition) is 4. The standard InChI is InChI=1S/C32H32FN3O2/c1-2-38-27-13-9-22(10-14-27)31-17-29(28-5-3-4-6-30(28)35-31)32(37)34-26-15-23(16-26)24-19-36(20-24)18-21-7-11-25(33)12-8-21/h3-14,17,23-24,26H,2,15-16,18-20H2,1H3,(H,34,37). The molecule has 4 aromatic rings. The van der Waals surface area contributed by atoms with Crippen molar-refractivity contribution in [2.75, 3.05) is 19.7 Å². The fourth-order valence-corrected chi connectivity index (χ4v) is 5.71. The summed E-state index contributed by atoms with van der Waals surface area (Å²) in [5.74, 6) is 1.92. The molecule has 0 spiro atoms. The molecule has 1 aromatic heterocycles. The number of nitrogens with one attached hydrogen (secondary N) is 1. The Morgan fingerprint density at radius 1 is 1.00 bits per heavy atom. The Morgan fingerprint density at radius 2 is 1.74 bits per heavy atom. The van der Waals surface area contributed by atoms with Gasteiger partial charge >= 0.3 is 0 Å². The fraction of sp³-hybridized carbons (Fsp3) is 0.312. The summed E-state index contributed by atoms with van der Waals surface area (Å²) in [7, 11) is 0. The molecule has 38 heavy (non-hydrogen) atoms. The molecular formula is C32H32FN3O2. The summed E-state index contributed by atoms with van der Waals surface area (Å²) in [6.07, 6.45) is 2.05. The Labute approximate surface area is 222 Å². The van der Waals surface area contributed by atoms with Crippen LogP contribution in [0.25, 0.3) is 22.2 Å². The summed E-state index contributed by atoms with van der Waals surface area (Å²) in [6.45, 7) is 5.60. The maximum atomic E-state index is 13.4. The van der Waals surface area contributed by atoms with Crippen LogP contribution in [0.3, 0.4) is 0 Å². The van der Waals surface area contributed by atoms with Crippen molar-refractivity contribution < 1.29 is 13.9 Å². The van der Waals surface area contributed by atoms with Crippen molar-refractivity contribution in [3.8, 4) is 17.0 Å². The van der Waals surface area contributed by atoms with Gasteiger partial charge in [0.25, 0.3) is 5.91 Å². The van der Waals surface area contributed by atoms with E-state index in [9.17, 15) is 9.18 Å². The van der Waals surface area contributed by atoms with Crippen LogP contribution in [0.15, 0.2) is 78.9 Å². The molecule has 0 radical (unpaired) electrons. The molecule has 1 saturated carbocycles. The van der Waals surface area contributed by atoms with Crippen molar-refractivity contribution in [1.29, 1.82) is 0 Å². The van der Waals surface area contributed by atoms with Gasteiger partial charge in [0.15, 0.2) is 0 Å². The number of benzene rings is 3. The summed E-state index contributed by atoms with van der Waals surface area (Å²) in [4.78, 5) is 20.7. The van der Waals surface area contributed by atoms with Crippen LogP contribution in [0.5, 0.6) is 5.75 Å². The molecule has 3 aromatic carbocycles. The maximum absolute atomic E-state index is 13.4. The van der Waals surface area contributed by atoms with Gasteiger partial charge in [-0.3, -0.25) is 9.69 Å². The lowest BCUT2D eigenvalue weighted by atomic mass is 9.69. The first kappa shape index (κ1) is 24.6. The van der Waals surface area contributed by atoms with E-state index in [2.05, 4.69) is 10.2 Å². The number of aromatic nitrogens is 1. The zero-order valence-corrected chi connectivity index (χ0v) is 21.6. The Hall–Kier alpha value is -3.77. The van der Waals surface area contributed by atoms with Gasteiger partial charge in [0.2, 0.25) is 0 Å². The van der Waals surface area contributed by atoms with Gasteiger partial charge in [-0.2, -0.15) is 0 Å². The number of fused-ring (bicyclic) bond motifs is 1. The zero-order valence-electron chi connectivity index (χ0n) is 21.6. The molecule has 1 aliphatic carbocycles. The lowest BCUT2D eigenvalue weighted by Crippen LogP contribution is -2.55. The quantitative estimate of drug-likeness (QED) is 0.313. The summed E-state index contributed by atoms with van der Waals surface area (Å²) in [5, 5.41) is 4.15. The second kappa shape index (κ2) is 10.5. The monoisotopic (exact) mass is 509 g/mol. The molecule has 194 valence electrons. The fourth-order valence-electron chi connectivity index (χ4n) is 5.71. The first-order valence-electron chi connectivity index (χ1n) is 13.5. The molecule has 6 rings (SSSR count). The van der Waals surface area contributed by atoms with Crippen LogP contribution in [-0.4, -0.2) is 41.5 Å². The highest BCUT2D eigenvalue weighted by Crippen LogP contribution is 2.39. The van der Waals surface area contributed by atoms with Gasteiger partial charge in [0, 0.05) is 36.6 Å². The van der Waals surface area contributed by atoms with Gasteiger partial charge in [-0.25, -0.2) is 9.37 Å². The third-order valence-corrected chi connectivity index (χ3v) is 7.90. The van der Waals surface area contributed by atoms with Crippen LogP contribution in [0.2, 0.25) is 0 Å². The minimum Gasteiger partial charge on any atom is -0.494 e. The zero-order chi connectivity index (χ0) is 26.1. The van der Waals surface area contributed by atoms with Crippen LogP contribution in [0.4, 0.5) is 4.39 Å². The normalized spacial score (nSPS) is 19.5. The van der Waals surface area contributed by atoms with Gasteiger partial charge in [-0.05, 0) is 85.7 Å². The third kappa shape index (κ3) is 5.14. The van der Waals surface area contributed by atoms with Crippen molar-refractivity contribution in [2.24, 2.45) is 11.8 Å². The SMILES string of the molecule is CCOc1ccc(-c2cc(C(=O)NC3CC(C4CN(Cc5ccc(F)cc5)C4)C3)c3ccccc3n2)cc1. The molecule has 5 nitrogen and oxygen atoms in total. The lowest BCUT2D eigenvalue weighted by Gasteiger charge is -2.49. The van der Waals surface area contributed by atoms with Gasteiger partial charge in [0.1, 0.15) is 11.6 Å². The van der Waals surface area contributed by atoms with Crippen molar-refractivity contribution in [2.45, 2.75) is 32.4 Å². The number of likely N-dealkylation sites (tertiary alicyclic amines) is 1. The first-order chi connectivity index (χ1) is 18.6. The van der Waals surface area contributed by atoms with E-state index in [4.69, 9.17) is 9.72 Å². The van der Waals surface area contributed by atoms with Crippen molar-refractivity contribution in [3.05, 3.63) is 95.8 Å². The molecule has 1 aliphatic heterocycles. The summed E-state index contributed by atoms with van der Waals surface area (Å²) < 4.78 is 18.7. The largest absolute Gasteiger partial charge is 0.494 e. The predicted molar refractivity (Wildman–Crippen MR) is 147 cm³/mol. The van der Waals surface area contributed by atoms with Crippen LogP contribution < -0.4 is 10.1 Å². The number of halogens is 1. The van der Waals surface area contributed by atoms with E-state index in [0.717, 1.165) is 65.9 Å². The van der Waals surface area contributed by atoms with Crippen LogP contribution >= 0.6 is 0 Å². The van der Waals surface area contributed by atoms with Gasteiger partial charge in [-0.15, -0.1) is 0 Å². The highest BCUT2D eigenvalue weighted by molar-refractivity contribution is 6.07. The highest BCUT2D eigenvalue weighted by atomic mass is 19.1. The van der Waals surface area contributed by atoms with E-state index in [1.807, 2.05) is 73.7 Å². The molecule has 0 atom stereocenters. The second-order valence-corrected chi connectivity index (χ2v) is 10.5. The van der Waals surface area contributed by atoms with Crippen LogP contribution in [-0.2, 0) is 6.54 Å². The molecule has 1 saturated heterocycles. The summed E-state index contributed by atoms with van der Waals surface area (Å²) in [6, 6.07) is 24.6. The minimum absolute atomic E-state index is 0.0363. The first-order valence-corrected chi connectivity index (χ1v) is 13.5. The predicted octanol–water partition coefficient (Wildman–Crippen LogP) is 6.08. The Balaban J connectivity index is 1.08. The Kier molecular flexibility index (Phi) is 6.81. The number of pyridine rings is 1. The number of nitrogens with zero attached hydrogens (tertiary/aromatic N) is 2. The molecule has 6 heteroatoms. The molecule has 0 bridgehead atoms. The number of ether oxygens (including phenoxy) is 1.